The topological polar surface area (TPSA) is 17.8 Å². The Bertz CT molecular complexity index is 680. The van der Waals surface area contributed by atoms with Crippen LogP contribution in [0.2, 0.25) is 0 Å². The van der Waals surface area contributed by atoms with E-state index in [9.17, 15) is 0 Å². The van der Waals surface area contributed by atoms with Gasteiger partial charge in [-0.15, -0.1) is 0 Å². The third kappa shape index (κ3) is 1.62. The normalized spacial score (nSPS) is 10.9. The molecule has 0 unspecified atom stereocenters. The van der Waals surface area contributed by atoms with E-state index in [1.54, 1.807) is 0 Å². The van der Waals surface area contributed by atoms with Crippen LogP contribution < -0.4 is 0 Å². The third-order valence-corrected chi connectivity index (χ3v) is 3.24. The molecule has 0 aliphatic heterocycles. The van der Waals surface area contributed by atoms with E-state index in [2.05, 4.69) is 53.9 Å². The van der Waals surface area contributed by atoms with E-state index in [1.807, 2.05) is 18.2 Å². The number of benzene rings is 1. The first-order chi connectivity index (χ1) is 8.25. The molecule has 0 aliphatic rings. The SMILES string of the molecule is Cc1ccn(-c2ccc3ccccc3n2)c1C. The van der Waals surface area contributed by atoms with Gasteiger partial charge in [0.05, 0.1) is 5.52 Å². The Morgan fingerprint density at radius 2 is 1.76 bits per heavy atom. The molecule has 84 valence electrons. The molecule has 2 aromatic heterocycles. The maximum atomic E-state index is 4.68. The summed E-state index contributed by atoms with van der Waals surface area (Å²) >= 11 is 0. The summed E-state index contributed by atoms with van der Waals surface area (Å²) in [6, 6.07) is 14.5. The van der Waals surface area contributed by atoms with Gasteiger partial charge in [0.25, 0.3) is 0 Å². The van der Waals surface area contributed by atoms with E-state index in [0.717, 1.165) is 11.3 Å². The average Bonchev–Trinajstić information content (AvgIpc) is 2.70. The van der Waals surface area contributed by atoms with Crippen molar-refractivity contribution in [2.75, 3.05) is 0 Å². The number of nitrogens with zero attached hydrogens (tertiary/aromatic N) is 2. The zero-order valence-corrected chi connectivity index (χ0v) is 10.0. The number of fused-ring (bicyclic) bond motifs is 1. The minimum atomic E-state index is 0.981. The van der Waals surface area contributed by atoms with Gasteiger partial charge in [0.2, 0.25) is 0 Å². The summed E-state index contributed by atoms with van der Waals surface area (Å²) in [5, 5.41) is 1.18. The molecule has 3 aromatic rings. The number of aromatic nitrogens is 2. The highest BCUT2D eigenvalue weighted by Gasteiger charge is 2.04. The number of aryl methyl sites for hydroxylation is 1. The van der Waals surface area contributed by atoms with Crippen molar-refractivity contribution in [2.45, 2.75) is 13.8 Å². The van der Waals surface area contributed by atoms with Gasteiger partial charge in [-0.1, -0.05) is 18.2 Å². The molecule has 1 aromatic carbocycles. The summed E-state index contributed by atoms with van der Waals surface area (Å²) in [6.45, 7) is 4.24. The minimum Gasteiger partial charge on any atom is -0.306 e. The zero-order valence-electron chi connectivity index (χ0n) is 10.0. The Balaban J connectivity index is 2.21. The van der Waals surface area contributed by atoms with Crippen LogP contribution in [0.4, 0.5) is 0 Å². The van der Waals surface area contributed by atoms with Crippen molar-refractivity contribution in [2.24, 2.45) is 0 Å². The van der Waals surface area contributed by atoms with E-state index in [4.69, 9.17) is 0 Å². The number of hydrogen-bond acceptors (Lipinski definition) is 1. The van der Waals surface area contributed by atoms with Crippen molar-refractivity contribution in [3.05, 3.63) is 59.9 Å². The molecule has 0 atom stereocenters. The monoisotopic (exact) mass is 222 g/mol. The molecule has 2 nitrogen and oxygen atoms in total. The van der Waals surface area contributed by atoms with Crippen LogP contribution in [0.5, 0.6) is 0 Å². The highest BCUT2D eigenvalue weighted by atomic mass is 15.1. The maximum Gasteiger partial charge on any atom is 0.137 e. The first kappa shape index (κ1) is 10.1. The van der Waals surface area contributed by atoms with Gasteiger partial charge in [0.1, 0.15) is 5.82 Å². The standard InChI is InChI=1S/C15H14N2/c1-11-9-10-17(12(11)2)15-8-7-13-5-3-4-6-14(13)16-15/h3-10H,1-2H3. The lowest BCUT2D eigenvalue weighted by molar-refractivity contribution is 0.965. The Kier molecular flexibility index (Phi) is 2.22. The van der Waals surface area contributed by atoms with E-state index in [0.29, 0.717) is 0 Å². The third-order valence-electron chi connectivity index (χ3n) is 3.24. The summed E-state index contributed by atoms with van der Waals surface area (Å²) in [6.07, 6.45) is 2.07. The molecule has 0 amide bonds. The van der Waals surface area contributed by atoms with Gasteiger partial charge in [-0.05, 0) is 43.7 Å². The fourth-order valence-electron chi connectivity index (χ4n) is 2.05. The van der Waals surface area contributed by atoms with Crippen LogP contribution >= 0.6 is 0 Å². The lowest BCUT2D eigenvalue weighted by Gasteiger charge is -2.07. The lowest BCUT2D eigenvalue weighted by Crippen LogP contribution is -1.98. The molecule has 0 saturated heterocycles. The first-order valence-electron chi connectivity index (χ1n) is 5.76. The van der Waals surface area contributed by atoms with Crippen molar-refractivity contribution in [3.8, 4) is 5.82 Å². The van der Waals surface area contributed by atoms with Gasteiger partial charge >= 0.3 is 0 Å². The van der Waals surface area contributed by atoms with Crippen LogP contribution in [0.25, 0.3) is 16.7 Å². The molecule has 0 aliphatic carbocycles. The summed E-state index contributed by atoms with van der Waals surface area (Å²) in [5.41, 5.74) is 3.57. The highest BCUT2D eigenvalue weighted by molar-refractivity contribution is 5.79. The predicted octanol–water partition coefficient (Wildman–Crippen LogP) is 3.64. The highest BCUT2D eigenvalue weighted by Crippen LogP contribution is 2.17. The van der Waals surface area contributed by atoms with Crippen LogP contribution in [0.15, 0.2) is 48.7 Å². The summed E-state index contributed by atoms with van der Waals surface area (Å²) < 4.78 is 2.13. The minimum absolute atomic E-state index is 0.981. The van der Waals surface area contributed by atoms with Gasteiger partial charge in [-0.3, -0.25) is 0 Å². The number of hydrogen-bond donors (Lipinski definition) is 0. The Morgan fingerprint density at radius 3 is 2.53 bits per heavy atom. The molecule has 3 rings (SSSR count). The molecule has 0 saturated carbocycles. The van der Waals surface area contributed by atoms with Crippen LogP contribution in [0, 0.1) is 13.8 Å². The van der Waals surface area contributed by atoms with Crippen molar-refractivity contribution >= 4 is 10.9 Å². The van der Waals surface area contributed by atoms with Gasteiger partial charge in [-0.25, -0.2) is 4.98 Å². The van der Waals surface area contributed by atoms with E-state index >= 15 is 0 Å². The second-order valence-corrected chi connectivity index (χ2v) is 4.32. The summed E-state index contributed by atoms with van der Waals surface area (Å²) in [5.74, 6) is 0.981. The van der Waals surface area contributed by atoms with Crippen molar-refractivity contribution in [1.29, 1.82) is 0 Å². The molecule has 0 bridgehead atoms. The van der Waals surface area contributed by atoms with Crippen LogP contribution in [0.3, 0.4) is 0 Å². The van der Waals surface area contributed by atoms with Gasteiger partial charge in [0.15, 0.2) is 0 Å². The number of pyridine rings is 1. The fraction of sp³-hybridized carbons (Fsp3) is 0.133. The predicted molar refractivity (Wildman–Crippen MR) is 70.5 cm³/mol. The van der Waals surface area contributed by atoms with Crippen LogP contribution in [-0.4, -0.2) is 9.55 Å². The van der Waals surface area contributed by atoms with E-state index in [-0.39, 0.29) is 0 Å². The fourth-order valence-corrected chi connectivity index (χ4v) is 2.05. The molecule has 0 radical (unpaired) electrons. The first-order valence-corrected chi connectivity index (χ1v) is 5.76. The van der Waals surface area contributed by atoms with Crippen molar-refractivity contribution in [3.63, 3.8) is 0 Å². The molecular weight excluding hydrogens is 208 g/mol. The van der Waals surface area contributed by atoms with E-state index in [1.165, 1.54) is 16.6 Å². The van der Waals surface area contributed by atoms with Crippen molar-refractivity contribution < 1.29 is 0 Å². The maximum absolute atomic E-state index is 4.68. The molecule has 0 fully saturated rings. The van der Waals surface area contributed by atoms with E-state index < -0.39 is 0 Å². The second-order valence-electron chi connectivity index (χ2n) is 4.32. The summed E-state index contributed by atoms with van der Waals surface area (Å²) in [4.78, 5) is 4.68. The van der Waals surface area contributed by atoms with Crippen LogP contribution in [-0.2, 0) is 0 Å². The second kappa shape index (κ2) is 3.74. The number of para-hydroxylation sites is 1. The Hall–Kier alpha value is -2.09. The Morgan fingerprint density at radius 1 is 0.941 bits per heavy atom. The average molecular weight is 222 g/mol. The molecule has 2 heteroatoms. The molecule has 0 spiro atoms. The summed E-state index contributed by atoms with van der Waals surface area (Å²) in [7, 11) is 0. The van der Waals surface area contributed by atoms with Gasteiger partial charge in [-0.2, -0.15) is 0 Å². The quantitative estimate of drug-likeness (QED) is 0.614. The Labute approximate surface area is 101 Å². The smallest absolute Gasteiger partial charge is 0.137 e. The molecule has 0 N–H and O–H groups in total. The molecule has 17 heavy (non-hydrogen) atoms. The molecule has 2 heterocycles. The van der Waals surface area contributed by atoms with Crippen LogP contribution in [0.1, 0.15) is 11.3 Å². The largest absolute Gasteiger partial charge is 0.306 e. The lowest BCUT2D eigenvalue weighted by atomic mass is 10.2. The van der Waals surface area contributed by atoms with Crippen molar-refractivity contribution in [1.82, 2.24) is 9.55 Å². The zero-order chi connectivity index (χ0) is 11.8. The molecular formula is C15H14N2. The van der Waals surface area contributed by atoms with Gasteiger partial charge < -0.3 is 4.57 Å². The number of rotatable bonds is 1. The van der Waals surface area contributed by atoms with Gasteiger partial charge in [0, 0.05) is 17.3 Å².